The molecule has 188 valence electrons. The van der Waals surface area contributed by atoms with E-state index in [0.717, 1.165) is 26.2 Å². The van der Waals surface area contributed by atoms with Crippen molar-refractivity contribution >= 4 is 40.0 Å². The minimum Gasteiger partial charge on any atom is -0.367 e. The molecule has 0 saturated carbocycles. The van der Waals surface area contributed by atoms with E-state index in [1.54, 1.807) is 41.1 Å². The Balaban J connectivity index is 1.45. The summed E-state index contributed by atoms with van der Waals surface area (Å²) in [6.45, 7) is 6.77. The average Bonchev–Trinajstić information content (AvgIpc) is 2.90. The number of nitrogens with one attached hydrogen (secondary N) is 2. The van der Waals surface area contributed by atoms with Crippen LogP contribution in [0.2, 0.25) is 0 Å². The van der Waals surface area contributed by atoms with E-state index in [1.807, 2.05) is 11.0 Å². The second kappa shape index (κ2) is 10.2. The molecule has 37 heavy (non-hydrogen) atoms. The van der Waals surface area contributed by atoms with Crippen LogP contribution < -0.4 is 21.0 Å². The molecule has 5 rings (SSSR count). The summed E-state index contributed by atoms with van der Waals surface area (Å²) in [5.41, 5.74) is 2.45. The summed E-state index contributed by atoms with van der Waals surface area (Å²) in [6.07, 6.45) is 4.25. The van der Waals surface area contributed by atoms with Crippen molar-refractivity contribution in [1.82, 2.24) is 19.4 Å². The molecule has 9 nitrogen and oxygen atoms in total. The number of fused-ring (bicyclic) bond motifs is 1. The fraction of sp³-hybridized carbons (Fsp3) is 0.185. The van der Waals surface area contributed by atoms with E-state index in [-0.39, 0.29) is 23.1 Å². The lowest BCUT2D eigenvalue weighted by atomic mass is 10.2. The van der Waals surface area contributed by atoms with Gasteiger partial charge >= 0.3 is 0 Å². The van der Waals surface area contributed by atoms with Crippen LogP contribution in [0.25, 0.3) is 16.7 Å². The maximum absolute atomic E-state index is 15.0. The van der Waals surface area contributed by atoms with Crippen LogP contribution in [-0.4, -0.2) is 58.6 Å². The molecule has 10 heteroatoms. The van der Waals surface area contributed by atoms with Crippen molar-refractivity contribution in [2.24, 2.45) is 0 Å². The SMILES string of the molecule is C=CC(=O)Nc1cccc(-n2ccc(=O)c3cnc(Nc4ccc(N5CCN(C)CC5)c(F)c4)nc32)c1. The number of benzene rings is 2. The van der Waals surface area contributed by atoms with Gasteiger partial charge in [-0.2, -0.15) is 4.98 Å². The van der Waals surface area contributed by atoms with Gasteiger partial charge in [-0.25, -0.2) is 9.37 Å². The molecule has 0 unspecified atom stereocenters. The third kappa shape index (κ3) is 5.19. The Morgan fingerprint density at radius 2 is 1.89 bits per heavy atom. The number of aromatic nitrogens is 3. The minimum atomic E-state index is -0.332. The summed E-state index contributed by atoms with van der Waals surface area (Å²) in [7, 11) is 2.06. The van der Waals surface area contributed by atoms with Crippen LogP contribution in [-0.2, 0) is 4.79 Å². The zero-order valence-corrected chi connectivity index (χ0v) is 20.3. The van der Waals surface area contributed by atoms with Gasteiger partial charge in [0.2, 0.25) is 11.9 Å². The number of anilines is 4. The Labute approximate surface area is 212 Å². The van der Waals surface area contributed by atoms with Gasteiger partial charge in [-0.1, -0.05) is 12.6 Å². The van der Waals surface area contributed by atoms with Gasteiger partial charge < -0.3 is 25.0 Å². The highest BCUT2D eigenvalue weighted by Crippen LogP contribution is 2.26. The van der Waals surface area contributed by atoms with E-state index in [1.165, 1.54) is 24.4 Å². The number of piperazine rings is 1. The number of pyridine rings is 1. The molecule has 0 radical (unpaired) electrons. The number of likely N-dealkylation sites (N-methyl/N-ethyl adjacent to an activating group) is 1. The van der Waals surface area contributed by atoms with Crippen molar-refractivity contribution in [2.75, 3.05) is 48.8 Å². The van der Waals surface area contributed by atoms with E-state index in [4.69, 9.17) is 0 Å². The summed E-state index contributed by atoms with van der Waals surface area (Å²) in [6, 6.07) is 13.5. The van der Waals surface area contributed by atoms with Crippen molar-refractivity contribution in [3.63, 3.8) is 0 Å². The van der Waals surface area contributed by atoms with Crippen LogP contribution in [0.3, 0.4) is 0 Å². The number of nitrogens with zero attached hydrogens (tertiary/aromatic N) is 5. The standard InChI is InChI=1S/C27H26FN7O2/c1-3-25(37)30-18-5-4-6-20(15-18)35-10-9-24(36)21-17-29-27(32-26(21)35)31-19-7-8-23(22(28)16-19)34-13-11-33(2)12-14-34/h3-10,15-17H,1,11-14H2,2H3,(H,30,37)(H,29,31,32). The number of hydrogen-bond donors (Lipinski definition) is 2. The molecule has 2 aromatic heterocycles. The normalized spacial score (nSPS) is 13.9. The van der Waals surface area contributed by atoms with Gasteiger partial charge in [0, 0.05) is 61.7 Å². The fourth-order valence-electron chi connectivity index (χ4n) is 4.25. The largest absolute Gasteiger partial charge is 0.367 e. The van der Waals surface area contributed by atoms with E-state index >= 15 is 0 Å². The first kappa shape index (κ1) is 24.1. The highest BCUT2D eigenvalue weighted by molar-refractivity contribution is 5.99. The topological polar surface area (TPSA) is 95.4 Å². The maximum atomic E-state index is 15.0. The molecule has 1 fully saturated rings. The molecule has 1 aliphatic rings. The second-order valence-electron chi connectivity index (χ2n) is 8.81. The number of amides is 1. The molecule has 1 amide bonds. The molecular weight excluding hydrogens is 473 g/mol. The second-order valence-corrected chi connectivity index (χ2v) is 8.81. The van der Waals surface area contributed by atoms with Gasteiger partial charge in [0.05, 0.1) is 11.1 Å². The lowest BCUT2D eigenvalue weighted by molar-refractivity contribution is -0.111. The molecule has 2 aromatic carbocycles. The molecule has 3 heterocycles. The Morgan fingerprint density at radius 1 is 1.08 bits per heavy atom. The molecule has 0 aliphatic carbocycles. The van der Waals surface area contributed by atoms with Gasteiger partial charge in [-0.15, -0.1) is 0 Å². The Hall–Kier alpha value is -4.57. The van der Waals surface area contributed by atoms with Crippen molar-refractivity contribution in [3.8, 4) is 5.69 Å². The van der Waals surface area contributed by atoms with Crippen LogP contribution in [0.4, 0.5) is 27.4 Å². The molecule has 0 bridgehead atoms. The summed E-state index contributed by atoms with van der Waals surface area (Å²) in [5, 5.41) is 6.09. The van der Waals surface area contributed by atoms with E-state index in [9.17, 15) is 14.0 Å². The van der Waals surface area contributed by atoms with E-state index < -0.39 is 0 Å². The molecule has 2 N–H and O–H groups in total. The van der Waals surface area contributed by atoms with Gasteiger partial charge in [0.1, 0.15) is 5.82 Å². The highest BCUT2D eigenvalue weighted by atomic mass is 19.1. The number of carbonyl (C=O) groups excluding carboxylic acids is 1. The van der Waals surface area contributed by atoms with Crippen molar-refractivity contribution < 1.29 is 9.18 Å². The van der Waals surface area contributed by atoms with Crippen LogP contribution >= 0.6 is 0 Å². The number of hydrogen-bond acceptors (Lipinski definition) is 7. The lowest BCUT2D eigenvalue weighted by Gasteiger charge is -2.34. The molecule has 4 aromatic rings. The monoisotopic (exact) mass is 499 g/mol. The van der Waals surface area contributed by atoms with Crippen LogP contribution in [0.1, 0.15) is 0 Å². The zero-order valence-electron chi connectivity index (χ0n) is 20.3. The van der Waals surface area contributed by atoms with Crippen molar-refractivity contribution in [2.45, 2.75) is 0 Å². The van der Waals surface area contributed by atoms with E-state index in [2.05, 4.69) is 39.1 Å². The first-order valence-corrected chi connectivity index (χ1v) is 11.8. The van der Waals surface area contributed by atoms with Crippen molar-refractivity contribution in [1.29, 1.82) is 0 Å². The number of rotatable bonds is 6. The Kier molecular flexibility index (Phi) is 6.65. The maximum Gasteiger partial charge on any atom is 0.247 e. The van der Waals surface area contributed by atoms with Crippen molar-refractivity contribution in [3.05, 3.63) is 89.6 Å². The van der Waals surface area contributed by atoms with Gasteiger partial charge in [-0.3, -0.25) is 9.59 Å². The van der Waals surface area contributed by atoms with Gasteiger partial charge in [-0.05, 0) is 49.5 Å². The molecular formula is C27H26FN7O2. The smallest absolute Gasteiger partial charge is 0.247 e. The average molecular weight is 500 g/mol. The predicted molar refractivity (Wildman–Crippen MR) is 143 cm³/mol. The zero-order chi connectivity index (χ0) is 25.9. The minimum absolute atomic E-state index is 0.217. The summed E-state index contributed by atoms with van der Waals surface area (Å²) in [4.78, 5) is 37.3. The van der Waals surface area contributed by atoms with Gasteiger partial charge in [0.15, 0.2) is 11.1 Å². The summed E-state index contributed by atoms with van der Waals surface area (Å²) >= 11 is 0. The number of carbonyl (C=O) groups is 1. The third-order valence-electron chi connectivity index (χ3n) is 6.26. The first-order chi connectivity index (χ1) is 17.9. The molecule has 0 spiro atoms. The van der Waals surface area contributed by atoms with Crippen LogP contribution in [0, 0.1) is 5.82 Å². The van der Waals surface area contributed by atoms with Crippen LogP contribution in [0.5, 0.6) is 0 Å². The van der Waals surface area contributed by atoms with Crippen LogP contribution in [0.15, 0.2) is 78.4 Å². The highest BCUT2D eigenvalue weighted by Gasteiger charge is 2.18. The van der Waals surface area contributed by atoms with E-state index in [0.29, 0.717) is 33.8 Å². The number of halogens is 1. The third-order valence-corrected chi connectivity index (χ3v) is 6.26. The lowest BCUT2D eigenvalue weighted by Crippen LogP contribution is -2.44. The predicted octanol–water partition coefficient (Wildman–Crippen LogP) is 3.54. The fourth-order valence-corrected chi connectivity index (χ4v) is 4.25. The molecule has 0 atom stereocenters. The molecule has 1 saturated heterocycles. The Morgan fingerprint density at radius 3 is 2.65 bits per heavy atom. The summed E-state index contributed by atoms with van der Waals surface area (Å²) in [5.74, 6) is -0.443. The summed E-state index contributed by atoms with van der Waals surface area (Å²) < 4.78 is 16.7. The molecule has 1 aliphatic heterocycles. The Bertz CT molecular complexity index is 1540. The van der Waals surface area contributed by atoms with Gasteiger partial charge in [0.25, 0.3) is 0 Å². The first-order valence-electron chi connectivity index (χ1n) is 11.8. The quantitative estimate of drug-likeness (QED) is 0.392.